The van der Waals surface area contributed by atoms with Crippen molar-refractivity contribution in [2.45, 2.75) is 20.4 Å². The standard InChI is InChI=1S/C20H18N2O4/c1-12-17(19(24)20(21)25)18-15(9-6-10-16(18)26-13(2)23)22(12)11-14-7-4-3-5-8-14/h3-10H,11H2,1-2H3,(H2,21,25). The Morgan fingerprint density at radius 3 is 2.35 bits per heavy atom. The first-order valence-electron chi connectivity index (χ1n) is 8.08. The van der Waals surface area contributed by atoms with Crippen molar-refractivity contribution >= 4 is 28.6 Å². The number of esters is 1. The Hall–Kier alpha value is -3.41. The van der Waals surface area contributed by atoms with Gasteiger partial charge in [-0.2, -0.15) is 0 Å². The fourth-order valence-electron chi connectivity index (χ4n) is 3.10. The zero-order chi connectivity index (χ0) is 18.8. The number of Topliss-reactive ketones (excluding diaryl/α,β-unsaturated/α-hetero) is 1. The van der Waals surface area contributed by atoms with Gasteiger partial charge in [0.15, 0.2) is 0 Å². The van der Waals surface area contributed by atoms with Crippen LogP contribution in [-0.4, -0.2) is 22.2 Å². The molecule has 3 rings (SSSR count). The fourth-order valence-corrected chi connectivity index (χ4v) is 3.10. The van der Waals surface area contributed by atoms with E-state index in [1.807, 2.05) is 41.0 Å². The molecule has 2 aromatic carbocycles. The van der Waals surface area contributed by atoms with Crippen molar-refractivity contribution in [3.63, 3.8) is 0 Å². The average molecular weight is 350 g/mol. The minimum atomic E-state index is -1.05. The highest BCUT2D eigenvalue weighted by Gasteiger charge is 2.26. The van der Waals surface area contributed by atoms with Crippen LogP contribution in [0, 0.1) is 6.92 Å². The number of benzene rings is 2. The summed E-state index contributed by atoms with van der Waals surface area (Å²) in [6.07, 6.45) is 0. The summed E-state index contributed by atoms with van der Waals surface area (Å²) in [5.74, 6) is -2.14. The van der Waals surface area contributed by atoms with Gasteiger partial charge >= 0.3 is 5.97 Å². The van der Waals surface area contributed by atoms with Crippen LogP contribution >= 0.6 is 0 Å². The molecule has 0 bridgehead atoms. The third-order valence-electron chi connectivity index (χ3n) is 4.20. The molecule has 6 nitrogen and oxygen atoms in total. The van der Waals surface area contributed by atoms with Crippen molar-refractivity contribution in [3.05, 3.63) is 65.4 Å². The van der Waals surface area contributed by atoms with E-state index in [2.05, 4.69) is 0 Å². The van der Waals surface area contributed by atoms with E-state index < -0.39 is 17.7 Å². The average Bonchev–Trinajstić information content (AvgIpc) is 2.88. The van der Waals surface area contributed by atoms with Gasteiger partial charge in [-0.1, -0.05) is 36.4 Å². The molecule has 0 aliphatic heterocycles. The van der Waals surface area contributed by atoms with Gasteiger partial charge in [0.1, 0.15) is 5.75 Å². The molecule has 0 atom stereocenters. The zero-order valence-electron chi connectivity index (χ0n) is 14.5. The number of carbonyl (C=O) groups excluding carboxylic acids is 3. The largest absolute Gasteiger partial charge is 0.426 e. The lowest BCUT2D eigenvalue weighted by Gasteiger charge is -2.09. The number of amides is 1. The van der Waals surface area contributed by atoms with Crippen molar-refractivity contribution in [1.29, 1.82) is 0 Å². The van der Waals surface area contributed by atoms with Crippen molar-refractivity contribution in [3.8, 4) is 5.75 Å². The van der Waals surface area contributed by atoms with Gasteiger partial charge in [-0.05, 0) is 24.6 Å². The predicted molar refractivity (Wildman–Crippen MR) is 97.1 cm³/mol. The molecule has 2 N–H and O–H groups in total. The normalized spacial score (nSPS) is 10.7. The first kappa shape index (κ1) is 17.4. The molecule has 26 heavy (non-hydrogen) atoms. The predicted octanol–water partition coefficient (Wildman–Crippen LogP) is 2.59. The lowest BCUT2D eigenvalue weighted by molar-refractivity contribution is -0.131. The molecule has 132 valence electrons. The van der Waals surface area contributed by atoms with Gasteiger partial charge in [-0.3, -0.25) is 14.4 Å². The van der Waals surface area contributed by atoms with E-state index in [4.69, 9.17) is 10.5 Å². The third-order valence-corrected chi connectivity index (χ3v) is 4.20. The molecule has 3 aromatic rings. The number of nitrogens with zero attached hydrogens (tertiary/aromatic N) is 1. The topological polar surface area (TPSA) is 91.4 Å². The Morgan fingerprint density at radius 2 is 1.73 bits per heavy atom. The van der Waals surface area contributed by atoms with Gasteiger partial charge in [0.05, 0.1) is 16.5 Å². The quantitative estimate of drug-likeness (QED) is 0.331. The first-order valence-corrected chi connectivity index (χ1v) is 8.08. The lowest BCUT2D eigenvalue weighted by atomic mass is 10.1. The second kappa shape index (κ2) is 6.84. The molecule has 1 amide bonds. The lowest BCUT2D eigenvalue weighted by Crippen LogP contribution is -2.24. The summed E-state index contributed by atoms with van der Waals surface area (Å²) in [7, 11) is 0. The summed E-state index contributed by atoms with van der Waals surface area (Å²) >= 11 is 0. The van der Waals surface area contributed by atoms with Crippen LogP contribution in [0.15, 0.2) is 48.5 Å². The number of rotatable bonds is 5. The summed E-state index contributed by atoms with van der Waals surface area (Å²) in [6, 6.07) is 14.9. The zero-order valence-corrected chi connectivity index (χ0v) is 14.5. The molecule has 0 radical (unpaired) electrons. The van der Waals surface area contributed by atoms with Gasteiger partial charge in [0.25, 0.3) is 11.7 Å². The minimum Gasteiger partial charge on any atom is -0.426 e. The maximum absolute atomic E-state index is 12.5. The number of carbonyl (C=O) groups is 3. The van der Waals surface area contributed by atoms with Gasteiger partial charge < -0.3 is 15.0 Å². The van der Waals surface area contributed by atoms with Crippen LogP contribution < -0.4 is 10.5 Å². The minimum absolute atomic E-state index is 0.167. The summed E-state index contributed by atoms with van der Waals surface area (Å²) in [5.41, 5.74) is 7.71. The third kappa shape index (κ3) is 3.09. The summed E-state index contributed by atoms with van der Waals surface area (Å²) in [6.45, 7) is 3.53. The molecule has 0 aliphatic rings. The van der Waals surface area contributed by atoms with Crippen LogP contribution in [0.1, 0.15) is 28.5 Å². The molecule has 0 spiro atoms. The molecule has 1 heterocycles. The van der Waals surface area contributed by atoms with Crippen LogP contribution in [0.4, 0.5) is 0 Å². The van der Waals surface area contributed by atoms with Crippen LogP contribution in [0.25, 0.3) is 10.9 Å². The Bertz CT molecular complexity index is 1020. The van der Waals surface area contributed by atoms with Crippen LogP contribution in [0.3, 0.4) is 0 Å². The number of aromatic nitrogens is 1. The monoisotopic (exact) mass is 350 g/mol. The molecule has 1 aromatic heterocycles. The van der Waals surface area contributed by atoms with E-state index >= 15 is 0 Å². The Labute approximate surface area is 150 Å². The molecule has 0 saturated heterocycles. The second-order valence-electron chi connectivity index (χ2n) is 5.97. The molecule has 0 saturated carbocycles. The van der Waals surface area contributed by atoms with Gasteiger partial charge in [-0.15, -0.1) is 0 Å². The van der Waals surface area contributed by atoms with Gasteiger partial charge in [0, 0.05) is 19.2 Å². The van der Waals surface area contributed by atoms with Crippen LogP contribution in [0.5, 0.6) is 5.75 Å². The maximum Gasteiger partial charge on any atom is 0.308 e. The van der Waals surface area contributed by atoms with E-state index in [1.165, 1.54) is 6.92 Å². The smallest absolute Gasteiger partial charge is 0.308 e. The SMILES string of the molecule is CC(=O)Oc1cccc2c1c(C(=O)C(N)=O)c(C)n2Cc1ccccc1. The van der Waals surface area contributed by atoms with E-state index in [0.29, 0.717) is 23.1 Å². The first-order chi connectivity index (χ1) is 12.4. The highest BCUT2D eigenvalue weighted by molar-refractivity contribution is 6.45. The molecule has 0 unspecified atom stereocenters. The van der Waals surface area contributed by atoms with E-state index in [0.717, 1.165) is 5.56 Å². The summed E-state index contributed by atoms with van der Waals surface area (Å²) in [4.78, 5) is 35.5. The Morgan fingerprint density at radius 1 is 1.04 bits per heavy atom. The van der Waals surface area contributed by atoms with Crippen molar-refractivity contribution in [2.24, 2.45) is 5.73 Å². The molecular formula is C20H18N2O4. The van der Waals surface area contributed by atoms with Crippen molar-refractivity contribution in [1.82, 2.24) is 4.57 Å². The summed E-state index contributed by atoms with van der Waals surface area (Å²) in [5, 5.41) is 0.417. The van der Waals surface area contributed by atoms with Gasteiger partial charge in [-0.25, -0.2) is 0 Å². The number of hydrogen-bond acceptors (Lipinski definition) is 4. The number of primary amides is 1. The van der Waals surface area contributed by atoms with Gasteiger partial charge in [0.2, 0.25) is 0 Å². The van der Waals surface area contributed by atoms with Crippen LogP contribution in [0.2, 0.25) is 0 Å². The number of nitrogens with two attached hydrogens (primary N) is 1. The highest BCUT2D eigenvalue weighted by Crippen LogP contribution is 2.34. The molecular weight excluding hydrogens is 332 g/mol. The van der Waals surface area contributed by atoms with Crippen molar-refractivity contribution in [2.75, 3.05) is 0 Å². The van der Waals surface area contributed by atoms with Crippen LogP contribution in [-0.2, 0) is 16.1 Å². The molecule has 6 heteroatoms. The number of hydrogen-bond donors (Lipinski definition) is 1. The Kier molecular flexibility index (Phi) is 4.58. The number of ether oxygens (including phenoxy) is 1. The summed E-state index contributed by atoms with van der Waals surface area (Å²) < 4.78 is 7.17. The maximum atomic E-state index is 12.5. The van der Waals surface area contributed by atoms with E-state index in [1.54, 1.807) is 19.1 Å². The molecule has 0 aliphatic carbocycles. The highest BCUT2D eigenvalue weighted by atomic mass is 16.5. The number of fused-ring (bicyclic) bond motifs is 1. The van der Waals surface area contributed by atoms with Crippen molar-refractivity contribution < 1.29 is 19.1 Å². The Balaban J connectivity index is 2.29. The number of ketones is 1. The molecule has 0 fully saturated rings. The van der Waals surface area contributed by atoms with E-state index in [9.17, 15) is 14.4 Å². The van der Waals surface area contributed by atoms with E-state index in [-0.39, 0.29) is 11.3 Å². The second-order valence-corrected chi connectivity index (χ2v) is 5.97. The fraction of sp³-hybridized carbons (Fsp3) is 0.150.